The molecule has 0 atom stereocenters. The van der Waals surface area contributed by atoms with Gasteiger partial charge >= 0.3 is 0 Å². The largest absolute Gasteiger partial charge is 0.203 e. The Morgan fingerprint density at radius 1 is 0.667 bits per heavy atom. The maximum atomic E-state index is 14.0. The minimum atomic E-state index is -1.32. The lowest BCUT2D eigenvalue weighted by atomic mass is 9.95. The van der Waals surface area contributed by atoms with Gasteiger partial charge in [-0.3, -0.25) is 0 Å². The predicted octanol–water partition coefficient (Wildman–Crippen LogP) is 5.80. The fourth-order valence-corrected chi connectivity index (χ4v) is 3.00. The average Bonchev–Trinajstić information content (AvgIpc) is 2.60. The third-order valence-corrected chi connectivity index (χ3v) is 4.45. The van der Waals surface area contributed by atoms with E-state index in [-0.39, 0.29) is 12.8 Å². The van der Waals surface area contributed by atoms with Gasteiger partial charge in [0.25, 0.3) is 0 Å². The molecule has 4 heteroatoms. The van der Waals surface area contributed by atoms with Crippen molar-refractivity contribution in [1.82, 2.24) is 0 Å². The van der Waals surface area contributed by atoms with Gasteiger partial charge in [0.2, 0.25) is 0 Å². The van der Waals surface area contributed by atoms with E-state index in [4.69, 9.17) is 0 Å². The molecule has 0 saturated heterocycles. The van der Waals surface area contributed by atoms with Crippen molar-refractivity contribution in [3.63, 3.8) is 0 Å². The molecule has 3 aromatic carbocycles. The van der Waals surface area contributed by atoms with Crippen LogP contribution in [-0.4, -0.2) is 0 Å². The molecule has 3 aromatic rings. The lowest BCUT2D eigenvalue weighted by Crippen LogP contribution is -2.07. The van der Waals surface area contributed by atoms with Crippen LogP contribution in [0.5, 0.6) is 0 Å². The van der Waals surface area contributed by atoms with Gasteiger partial charge in [-0.2, -0.15) is 0 Å². The molecule has 124 valence electrons. The minimum Gasteiger partial charge on any atom is -0.203 e. The monoisotopic (exact) mass is 332 g/mol. The van der Waals surface area contributed by atoms with Gasteiger partial charge in [-0.15, -0.1) is 0 Å². The van der Waals surface area contributed by atoms with Crippen LogP contribution in [0.1, 0.15) is 22.3 Å². The highest BCUT2D eigenvalue weighted by atomic mass is 19.2. The summed E-state index contributed by atoms with van der Waals surface area (Å²) in [5, 5.41) is 2.03. The minimum absolute atomic E-state index is 0.112. The number of aryl methyl sites for hydroxylation is 2. The Kier molecular flexibility index (Phi) is 4.31. The van der Waals surface area contributed by atoms with Crippen LogP contribution in [0.3, 0.4) is 0 Å². The zero-order valence-corrected chi connectivity index (χ0v) is 13.4. The fourth-order valence-electron chi connectivity index (χ4n) is 3.00. The number of hydrogen-bond acceptors (Lipinski definition) is 0. The molecule has 0 aliphatic heterocycles. The summed E-state index contributed by atoms with van der Waals surface area (Å²) in [6.07, 6.45) is 0.176. The Hall–Kier alpha value is -2.36. The zero-order valence-electron chi connectivity index (χ0n) is 13.4. The van der Waals surface area contributed by atoms with Crippen LogP contribution in [0.15, 0.2) is 36.4 Å². The molecule has 0 saturated carbocycles. The molecule has 0 aliphatic rings. The Morgan fingerprint density at radius 2 is 1.25 bits per heavy atom. The molecule has 0 amide bonds. The van der Waals surface area contributed by atoms with E-state index >= 15 is 0 Å². The van der Waals surface area contributed by atoms with E-state index in [2.05, 4.69) is 0 Å². The van der Waals surface area contributed by atoms with Crippen molar-refractivity contribution in [2.24, 2.45) is 0 Å². The standard InChI is InChI=1S/C20H16F4/c1-11-7-8-13(15-6-4-3-5-14(11)15)9-10-16-19(23)17(21)12(2)18(22)20(16)24/h3-8H,9-10H2,1-2H3. The summed E-state index contributed by atoms with van der Waals surface area (Å²) < 4.78 is 55.4. The van der Waals surface area contributed by atoms with Gasteiger partial charge in [0.1, 0.15) is 0 Å². The van der Waals surface area contributed by atoms with Gasteiger partial charge in [-0.05, 0) is 48.6 Å². The zero-order chi connectivity index (χ0) is 17.4. The third kappa shape index (κ3) is 2.66. The predicted molar refractivity (Wildman–Crippen MR) is 87.1 cm³/mol. The Balaban J connectivity index is 2.00. The molecule has 0 nitrogen and oxygen atoms in total. The Bertz CT molecular complexity index is 900. The molecule has 0 aromatic heterocycles. The van der Waals surface area contributed by atoms with E-state index in [1.54, 1.807) is 0 Å². The van der Waals surface area contributed by atoms with Crippen molar-refractivity contribution in [3.05, 3.63) is 81.9 Å². The molecule has 0 radical (unpaired) electrons. The first-order chi connectivity index (χ1) is 11.4. The van der Waals surface area contributed by atoms with Crippen molar-refractivity contribution in [1.29, 1.82) is 0 Å². The van der Waals surface area contributed by atoms with Crippen molar-refractivity contribution < 1.29 is 17.6 Å². The molecule has 0 heterocycles. The summed E-state index contributed by atoms with van der Waals surface area (Å²) in [7, 11) is 0. The van der Waals surface area contributed by atoms with Crippen LogP contribution in [0, 0.1) is 37.1 Å². The maximum Gasteiger partial charge on any atom is 0.165 e. The van der Waals surface area contributed by atoms with Crippen LogP contribution in [-0.2, 0) is 12.8 Å². The van der Waals surface area contributed by atoms with E-state index in [1.807, 2.05) is 43.3 Å². The number of benzene rings is 3. The van der Waals surface area contributed by atoms with E-state index in [0.717, 1.165) is 28.8 Å². The van der Waals surface area contributed by atoms with Gasteiger partial charge in [0.05, 0.1) is 0 Å². The summed E-state index contributed by atoms with van der Waals surface area (Å²) in [5.41, 5.74) is 0.810. The second-order valence-corrected chi connectivity index (χ2v) is 5.95. The smallest absolute Gasteiger partial charge is 0.165 e. The molecule has 24 heavy (non-hydrogen) atoms. The summed E-state index contributed by atoms with van der Waals surface area (Å²) in [5.74, 6) is -5.25. The third-order valence-electron chi connectivity index (χ3n) is 4.45. The molecule has 3 rings (SSSR count). The topological polar surface area (TPSA) is 0 Å². The molecule has 0 N–H and O–H groups in total. The van der Waals surface area contributed by atoms with Crippen LogP contribution >= 0.6 is 0 Å². The van der Waals surface area contributed by atoms with Gasteiger partial charge in [0, 0.05) is 11.1 Å². The first kappa shape index (κ1) is 16.5. The lowest BCUT2D eigenvalue weighted by molar-refractivity contribution is 0.430. The van der Waals surface area contributed by atoms with Gasteiger partial charge in [-0.1, -0.05) is 36.4 Å². The number of hydrogen-bond donors (Lipinski definition) is 0. The fraction of sp³-hybridized carbons (Fsp3) is 0.200. The molecular formula is C20H16F4. The molecule has 0 bridgehead atoms. The van der Waals surface area contributed by atoms with Crippen LogP contribution in [0.25, 0.3) is 10.8 Å². The van der Waals surface area contributed by atoms with Crippen molar-refractivity contribution in [2.45, 2.75) is 26.7 Å². The highest BCUT2D eigenvalue weighted by Gasteiger charge is 2.22. The molecule has 0 unspecified atom stereocenters. The summed E-state index contributed by atoms with van der Waals surface area (Å²) in [4.78, 5) is 0. The molecule has 0 aliphatic carbocycles. The second kappa shape index (κ2) is 6.27. The molecule has 0 spiro atoms. The average molecular weight is 332 g/mol. The first-order valence-corrected chi connectivity index (χ1v) is 7.70. The number of fused-ring (bicyclic) bond motifs is 1. The summed E-state index contributed by atoms with van der Waals surface area (Å²) >= 11 is 0. The summed E-state index contributed by atoms with van der Waals surface area (Å²) in [6, 6.07) is 11.5. The normalized spacial score (nSPS) is 11.2. The highest BCUT2D eigenvalue weighted by molar-refractivity contribution is 5.88. The number of rotatable bonds is 3. The first-order valence-electron chi connectivity index (χ1n) is 7.70. The number of halogens is 4. The maximum absolute atomic E-state index is 14.0. The SMILES string of the molecule is Cc1c(F)c(F)c(CCc2ccc(C)c3ccccc23)c(F)c1F. The van der Waals surface area contributed by atoms with Crippen molar-refractivity contribution in [2.75, 3.05) is 0 Å². The second-order valence-electron chi connectivity index (χ2n) is 5.95. The van der Waals surface area contributed by atoms with E-state index < -0.39 is 34.4 Å². The van der Waals surface area contributed by atoms with Crippen LogP contribution in [0.4, 0.5) is 17.6 Å². The van der Waals surface area contributed by atoms with Gasteiger partial charge in [0.15, 0.2) is 23.3 Å². The lowest BCUT2D eigenvalue weighted by Gasteiger charge is -2.12. The summed E-state index contributed by atoms with van der Waals surface area (Å²) in [6.45, 7) is 3.00. The van der Waals surface area contributed by atoms with Crippen molar-refractivity contribution in [3.8, 4) is 0 Å². The Labute approximate surface area is 137 Å². The van der Waals surface area contributed by atoms with Crippen molar-refractivity contribution >= 4 is 10.8 Å². The Morgan fingerprint density at radius 3 is 1.88 bits per heavy atom. The van der Waals surface area contributed by atoms with E-state index in [1.165, 1.54) is 0 Å². The van der Waals surface area contributed by atoms with Gasteiger partial charge < -0.3 is 0 Å². The highest BCUT2D eigenvalue weighted by Crippen LogP contribution is 2.27. The van der Waals surface area contributed by atoms with E-state index in [9.17, 15) is 17.6 Å². The molecule has 0 fully saturated rings. The van der Waals surface area contributed by atoms with Gasteiger partial charge in [-0.25, -0.2) is 17.6 Å². The van der Waals surface area contributed by atoms with Crippen LogP contribution < -0.4 is 0 Å². The molecular weight excluding hydrogens is 316 g/mol. The quantitative estimate of drug-likeness (QED) is 0.420. The van der Waals surface area contributed by atoms with E-state index in [0.29, 0.717) is 0 Å². The van der Waals surface area contributed by atoms with Crippen LogP contribution in [0.2, 0.25) is 0 Å².